The van der Waals surface area contributed by atoms with Crippen molar-refractivity contribution >= 4 is 11.6 Å². The molecule has 0 aliphatic carbocycles. The second-order valence-electron chi connectivity index (χ2n) is 7.64. The standard InChI is InChI=1S/C23H23ClN4O/c1-23(2,16-8-4-3-5-9-16)12-17-13-25-21(27-17)22-26-14-18(28-22)15-29-20-11-7-6-10-19(20)24/h3-11,13-14H,12,15H2,1-2H3,(H,25,27)(H,26,28). The average molecular weight is 407 g/mol. The molecule has 6 heteroatoms. The lowest BCUT2D eigenvalue weighted by Crippen LogP contribution is -2.20. The molecule has 2 N–H and O–H groups in total. The number of hydrogen-bond acceptors (Lipinski definition) is 3. The normalized spacial score (nSPS) is 11.6. The zero-order valence-corrected chi connectivity index (χ0v) is 17.2. The summed E-state index contributed by atoms with van der Waals surface area (Å²) >= 11 is 6.12. The summed E-state index contributed by atoms with van der Waals surface area (Å²) < 4.78 is 5.75. The highest BCUT2D eigenvalue weighted by molar-refractivity contribution is 6.32. The predicted molar refractivity (Wildman–Crippen MR) is 115 cm³/mol. The van der Waals surface area contributed by atoms with Gasteiger partial charge in [0, 0.05) is 18.1 Å². The van der Waals surface area contributed by atoms with Crippen LogP contribution in [0.2, 0.25) is 5.02 Å². The molecule has 0 spiro atoms. The van der Waals surface area contributed by atoms with Gasteiger partial charge in [-0.2, -0.15) is 0 Å². The zero-order chi connectivity index (χ0) is 20.3. The smallest absolute Gasteiger partial charge is 0.173 e. The predicted octanol–water partition coefficient (Wildman–Crippen LogP) is 5.55. The number of benzene rings is 2. The van der Waals surface area contributed by atoms with Crippen LogP contribution in [-0.4, -0.2) is 19.9 Å². The monoisotopic (exact) mass is 406 g/mol. The maximum Gasteiger partial charge on any atom is 0.173 e. The molecule has 0 fully saturated rings. The van der Waals surface area contributed by atoms with Gasteiger partial charge in [0.25, 0.3) is 0 Å². The summed E-state index contributed by atoms with van der Waals surface area (Å²) in [6.45, 7) is 4.80. The molecule has 2 aromatic carbocycles. The average Bonchev–Trinajstić information content (AvgIpc) is 3.37. The number of nitrogens with one attached hydrogen (secondary N) is 2. The first-order chi connectivity index (χ1) is 14.0. The highest BCUT2D eigenvalue weighted by Crippen LogP contribution is 2.28. The summed E-state index contributed by atoms with van der Waals surface area (Å²) in [6.07, 6.45) is 4.55. The molecule has 0 aliphatic heterocycles. The van der Waals surface area contributed by atoms with Crippen LogP contribution in [0.1, 0.15) is 30.8 Å². The number of halogens is 1. The molecular weight excluding hydrogens is 384 g/mol. The van der Waals surface area contributed by atoms with E-state index in [-0.39, 0.29) is 5.41 Å². The van der Waals surface area contributed by atoms with Gasteiger partial charge in [0.15, 0.2) is 11.6 Å². The van der Waals surface area contributed by atoms with Crippen LogP contribution in [0, 0.1) is 0 Å². The van der Waals surface area contributed by atoms with Gasteiger partial charge < -0.3 is 14.7 Å². The fraction of sp³-hybridized carbons (Fsp3) is 0.217. The largest absolute Gasteiger partial charge is 0.486 e. The number of aromatic amines is 2. The molecule has 2 aromatic heterocycles. The summed E-state index contributed by atoms with van der Waals surface area (Å²) in [7, 11) is 0. The first kappa shape index (κ1) is 19.3. The zero-order valence-electron chi connectivity index (χ0n) is 16.4. The van der Waals surface area contributed by atoms with Crippen molar-refractivity contribution in [1.82, 2.24) is 19.9 Å². The van der Waals surface area contributed by atoms with Gasteiger partial charge >= 0.3 is 0 Å². The van der Waals surface area contributed by atoms with Crippen molar-refractivity contribution in [2.45, 2.75) is 32.3 Å². The molecule has 5 nitrogen and oxygen atoms in total. The molecule has 0 saturated heterocycles. The molecule has 2 heterocycles. The Kier molecular flexibility index (Phi) is 5.41. The summed E-state index contributed by atoms with van der Waals surface area (Å²) in [5, 5.41) is 0.583. The number of para-hydroxylation sites is 1. The first-order valence-electron chi connectivity index (χ1n) is 9.53. The van der Waals surface area contributed by atoms with E-state index in [1.54, 1.807) is 6.07 Å². The second-order valence-corrected chi connectivity index (χ2v) is 8.05. The van der Waals surface area contributed by atoms with E-state index in [0.29, 0.717) is 29.0 Å². The highest BCUT2D eigenvalue weighted by atomic mass is 35.5. The summed E-state index contributed by atoms with van der Waals surface area (Å²) in [5.41, 5.74) is 3.15. The lowest BCUT2D eigenvalue weighted by molar-refractivity contribution is 0.302. The maximum atomic E-state index is 6.12. The Morgan fingerprint density at radius 3 is 2.55 bits per heavy atom. The minimum Gasteiger partial charge on any atom is -0.486 e. The topological polar surface area (TPSA) is 66.6 Å². The molecule has 0 radical (unpaired) electrons. The Morgan fingerprint density at radius 1 is 1.00 bits per heavy atom. The number of aromatic nitrogens is 4. The van der Waals surface area contributed by atoms with Gasteiger partial charge in [-0.05, 0) is 29.5 Å². The van der Waals surface area contributed by atoms with Crippen molar-refractivity contribution in [3.05, 3.63) is 89.0 Å². The van der Waals surface area contributed by atoms with Gasteiger partial charge in [0.05, 0.1) is 10.7 Å². The van der Waals surface area contributed by atoms with Gasteiger partial charge in [0.1, 0.15) is 12.4 Å². The van der Waals surface area contributed by atoms with Crippen LogP contribution in [0.3, 0.4) is 0 Å². The van der Waals surface area contributed by atoms with Crippen LogP contribution in [0.15, 0.2) is 67.0 Å². The lowest BCUT2D eigenvalue weighted by atomic mass is 9.81. The lowest BCUT2D eigenvalue weighted by Gasteiger charge is -2.24. The fourth-order valence-corrected chi connectivity index (χ4v) is 3.50. The maximum absolute atomic E-state index is 6.12. The minimum absolute atomic E-state index is 0.00216. The molecule has 4 aromatic rings. The van der Waals surface area contributed by atoms with Gasteiger partial charge in [-0.1, -0.05) is 67.9 Å². The number of nitrogens with zero attached hydrogens (tertiary/aromatic N) is 2. The number of hydrogen-bond donors (Lipinski definition) is 2. The molecule has 0 amide bonds. The van der Waals surface area contributed by atoms with E-state index in [4.69, 9.17) is 16.3 Å². The Labute approximate surface area is 175 Å². The molecule has 0 unspecified atom stereocenters. The molecule has 0 bridgehead atoms. The second kappa shape index (κ2) is 8.13. The van der Waals surface area contributed by atoms with E-state index in [0.717, 1.165) is 17.8 Å². The van der Waals surface area contributed by atoms with Crippen LogP contribution in [0.5, 0.6) is 5.75 Å². The van der Waals surface area contributed by atoms with Crippen molar-refractivity contribution in [2.24, 2.45) is 0 Å². The van der Waals surface area contributed by atoms with Crippen molar-refractivity contribution in [3.8, 4) is 17.4 Å². The van der Waals surface area contributed by atoms with E-state index in [9.17, 15) is 0 Å². The van der Waals surface area contributed by atoms with Gasteiger partial charge in [0.2, 0.25) is 0 Å². The number of ether oxygens (including phenoxy) is 1. The van der Waals surface area contributed by atoms with Crippen molar-refractivity contribution in [3.63, 3.8) is 0 Å². The van der Waals surface area contributed by atoms with Crippen LogP contribution < -0.4 is 4.74 Å². The minimum atomic E-state index is 0.00216. The number of H-pyrrole nitrogens is 2. The molecule has 0 atom stereocenters. The highest BCUT2D eigenvalue weighted by Gasteiger charge is 2.22. The summed E-state index contributed by atoms with van der Waals surface area (Å²) in [6, 6.07) is 17.9. The Bertz CT molecular complexity index is 1080. The quantitative estimate of drug-likeness (QED) is 0.422. The SMILES string of the molecule is CC(C)(Cc1cnc(-c2nc(COc3ccccc3Cl)c[nH]2)[nH]1)c1ccccc1. The van der Waals surface area contributed by atoms with Gasteiger partial charge in [-0.25, -0.2) is 9.97 Å². The summed E-state index contributed by atoms with van der Waals surface area (Å²) in [5.74, 6) is 2.04. The number of rotatable bonds is 7. The molecular formula is C23H23ClN4O. The third kappa shape index (κ3) is 4.51. The molecule has 148 valence electrons. The van der Waals surface area contributed by atoms with Crippen molar-refractivity contribution in [2.75, 3.05) is 0 Å². The summed E-state index contributed by atoms with van der Waals surface area (Å²) in [4.78, 5) is 15.6. The van der Waals surface area contributed by atoms with Gasteiger partial charge in [-0.3, -0.25) is 0 Å². The van der Waals surface area contributed by atoms with Crippen molar-refractivity contribution < 1.29 is 4.74 Å². The van der Waals surface area contributed by atoms with Crippen LogP contribution >= 0.6 is 11.6 Å². The van der Waals surface area contributed by atoms with E-state index in [1.807, 2.05) is 36.7 Å². The third-order valence-corrected chi connectivity index (χ3v) is 5.20. The van der Waals surface area contributed by atoms with Gasteiger partial charge in [-0.15, -0.1) is 0 Å². The van der Waals surface area contributed by atoms with Crippen LogP contribution in [-0.2, 0) is 18.4 Å². The van der Waals surface area contributed by atoms with E-state index < -0.39 is 0 Å². The molecule has 29 heavy (non-hydrogen) atoms. The molecule has 0 aliphatic rings. The van der Waals surface area contributed by atoms with E-state index >= 15 is 0 Å². The van der Waals surface area contributed by atoms with Crippen molar-refractivity contribution in [1.29, 1.82) is 0 Å². The van der Waals surface area contributed by atoms with Crippen LogP contribution in [0.25, 0.3) is 11.6 Å². The number of imidazole rings is 2. The Hall–Kier alpha value is -3.05. The Morgan fingerprint density at radius 2 is 1.76 bits per heavy atom. The Balaban J connectivity index is 1.43. The first-order valence-corrected chi connectivity index (χ1v) is 9.90. The molecule has 4 rings (SSSR count). The van der Waals surface area contributed by atoms with E-state index in [1.165, 1.54) is 5.56 Å². The molecule has 0 saturated carbocycles. The van der Waals surface area contributed by atoms with E-state index in [2.05, 4.69) is 58.0 Å². The fourth-order valence-electron chi connectivity index (χ4n) is 3.31. The van der Waals surface area contributed by atoms with Crippen LogP contribution in [0.4, 0.5) is 0 Å². The third-order valence-electron chi connectivity index (χ3n) is 4.88.